The molecule has 14 heavy (non-hydrogen) atoms. The zero-order valence-electron chi connectivity index (χ0n) is 8.39. The van der Waals surface area contributed by atoms with Gasteiger partial charge in [-0.15, -0.1) is 12.4 Å². The summed E-state index contributed by atoms with van der Waals surface area (Å²) in [5.41, 5.74) is 6.88. The van der Waals surface area contributed by atoms with Gasteiger partial charge in [-0.2, -0.15) is 0 Å². The summed E-state index contributed by atoms with van der Waals surface area (Å²) >= 11 is 0. The predicted molar refractivity (Wildman–Crippen MR) is 61.5 cm³/mol. The first-order chi connectivity index (χ1) is 6.25. The third-order valence-electron chi connectivity index (χ3n) is 2.18. The number of aliphatic hydroxyl groups excluding tert-OH is 1. The summed E-state index contributed by atoms with van der Waals surface area (Å²) in [6.07, 6.45) is 1.30. The minimum absolute atomic E-state index is 0. The predicted octanol–water partition coefficient (Wildman–Crippen LogP) is 2.27. The molecule has 1 aromatic carbocycles. The van der Waals surface area contributed by atoms with Crippen molar-refractivity contribution in [2.75, 3.05) is 0 Å². The largest absolute Gasteiger partial charge is 0.391 e. The number of nitrogens with two attached hydrogens (primary N) is 1. The summed E-state index contributed by atoms with van der Waals surface area (Å²) < 4.78 is 0. The Morgan fingerprint density at radius 3 is 2.36 bits per heavy atom. The fraction of sp³-hybridized carbons (Fsp3) is 0.455. The van der Waals surface area contributed by atoms with E-state index >= 15 is 0 Å². The normalized spacial score (nSPS) is 14.2. The molecule has 80 valence electrons. The van der Waals surface area contributed by atoms with Crippen molar-refractivity contribution in [3.05, 3.63) is 35.9 Å². The van der Waals surface area contributed by atoms with Crippen LogP contribution < -0.4 is 5.73 Å². The number of rotatable bonds is 4. The summed E-state index contributed by atoms with van der Waals surface area (Å²) in [7, 11) is 0. The average molecular weight is 216 g/mol. The molecule has 1 aromatic rings. The molecule has 0 fully saturated rings. The number of hydrogen-bond donors (Lipinski definition) is 2. The van der Waals surface area contributed by atoms with Crippen molar-refractivity contribution in [3.63, 3.8) is 0 Å². The highest BCUT2D eigenvalue weighted by atomic mass is 35.5. The summed E-state index contributed by atoms with van der Waals surface area (Å²) in [5, 5.41) is 9.65. The van der Waals surface area contributed by atoms with Gasteiger partial charge in [-0.25, -0.2) is 0 Å². The number of aliphatic hydroxyl groups is 1. The summed E-state index contributed by atoms with van der Waals surface area (Å²) in [6, 6.07) is 9.47. The van der Waals surface area contributed by atoms with Crippen LogP contribution in [-0.2, 0) is 0 Å². The second-order valence-electron chi connectivity index (χ2n) is 3.29. The van der Waals surface area contributed by atoms with Gasteiger partial charge in [0.1, 0.15) is 0 Å². The first-order valence-corrected chi connectivity index (χ1v) is 4.74. The van der Waals surface area contributed by atoms with Crippen LogP contribution in [-0.4, -0.2) is 11.2 Å². The van der Waals surface area contributed by atoms with Crippen molar-refractivity contribution in [1.82, 2.24) is 0 Å². The van der Waals surface area contributed by atoms with E-state index < -0.39 is 6.10 Å². The van der Waals surface area contributed by atoms with E-state index in [2.05, 4.69) is 0 Å². The monoisotopic (exact) mass is 215 g/mol. The van der Waals surface area contributed by atoms with Crippen molar-refractivity contribution in [2.24, 2.45) is 5.73 Å². The van der Waals surface area contributed by atoms with Crippen LogP contribution in [0, 0.1) is 0 Å². The molecule has 0 radical (unpaired) electrons. The third kappa shape index (κ3) is 3.66. The lowest BCUT2D eigenvalue weighted by Crippen LogP contribution is -2.25. The lowest BCUT2D eigenvalue weighted by molar-refractivity contribution is 0.134. The lowest BCUT2D eigenvalue weighted by Gasteiger charge is -2.18. The topological polar surface area (TPSA) is 46.2 Å². The maximum Gasteiger partial charge on any atom is 0.0732 e. The van der Waals surface area contributed by atoms with E-state index in [1.54, 1.807) is 0 Å². The van der Waals surface area contributed by atoms with E-state index in [1.807, 2.05) is 37.3 Å². The summed E-state index contributed by atoms with van der Waals surface area (Å²) in [5.74, 6) is 0. The second kappa shape index (κ2) is 6.82. The van der Waals surface area contributed by atoms with Gasteiger partial charge in [-0.05, 0) is 12.0 Å². The van der Waals surface area contributed by atoms with E-state index in [1.165, 1.54) is 0 Å². The van der Waals surface area contributed by atoms with E-state index in [0.717, 1.165) is 18.4 Å². The Morgan fingerprint density at radius 1 is 1.29 bits per heavy atom. The number of hydrogen-bond acceptors (Lipinski definition) is 2. The van der Waals surface area contributed by atoms with Crippen molar-refractivity contribution < 1.29 is 5.11 Å². The molecule has 0 heterocycles. The molecule has 3 N–H and O–H groups in total. The fourth-order valence-corrected chi connectivity index (χ4v) is 1.37. The Bertz CT molecular complexity index is 240. The Kier molecular flexibility index (Phi) is 6.54. The molecule has 0 aliphatic heterocycles. The van der Waals surface area contributed by atoms with Gasteiger partial charge in [0.15, 0.2) is 0 Å². The van der Waals surface area contributed by atoms with Gasteiger partial charge < -0.3 is 10.8 Å². The first kappa shape index (κ1) is 13.4. The van der Waals surface area contributed by atoms with Crippen LogP contribution >= 0.6 is 12.4 Å². The molecule has 0 spiro atoms. The van der Waals surface area contributed by atoms with Crippen LogP contribution in [0.5, 0.6) is 0 Å². The van der Waals surface area contributed by atoms with Gasteiger partial charge >= 0.3 is 0 Å². The minimum atomic E-state index is -0.424. The van der Waals surface area contributed by atoms with Gasteiger partial charge in [-0.1, -0.05) is 43.7 Å². The standard InChI is InChI=1S/C11H17NO.ClH/c1-2-6-10(13)11(12)9-7-4-3-5-8-9;/h3-5,7-8,10-11,13H,2,6,12H2,1H3;1H/t10-,11+;/m1./s1. The summed E-state index contributed by atoms with van der Waals surface area (Å²) in [4.78, 5) is 0. The zero-order chi connectivity index (χ0) is 9.68. The summed E-state index contributed by atoms with van der Waals surface area (Å²) in [6.45, 7) is 2.04. The van der Waals surface area contributed by atoms with E-state index in [-0.39, 0.29) is 18.4 Å². The lowest BCUT2D eigenvalue weighted by atomic mass is 9.99. The molecule has 0 unspecified atom stereocenters. The Hall–Kier alpha value is -0.570. The SMILES string of the molecule is CCC[C@@H](O)[C@@H](N)c1ccccc1.Cl. The maximum atomic E-state index is 9.65. The van der Waals surface area contributed by atoms with E-state index in [9.17, 15) is 5.11 Å². The highest BCUT2D eigenvalue weighted by Crippen LogP contribution is 2.16. The highest BCUT2D eigenvalue weighted by Gasteiger charge is 2.14. The molecule has 2 atom stereocenters. The van der Waals surface area contributed by atoms with Gasteiger partial charge in [0.05, 0.1) is 12.1 Å². The Labute approximate surface area is 91.5 Å². The van der Waals surface area contributed by atoms with Crippen molar-refractivity contribution in [3.8, 4) is 0 Å². The van der Waals surface area contributed by atoms with E-state index in [0.29, 0.717) is 0 Å². The quantitative estimate of drug-likeness (QED) is 0.810. The molecular formula is C11H18ClNO. The van der Waals surface area contributed by atoms with Crippen LogP contribution in [0.4, 0.5) is 0 Å². The van der Waals surface area contributed by atoms with Gasteiger partial charge in [0.2, 0.25) is 0 Å². The zero-order valence-corrected chi connectivity index (χ0v) is 9.20. The maximum absolute atomic E-state index is 9.65. The molecule has 0 saturated heterocycles. The van der Waals surface area contributed by atoms with Crippen molar-refractivity contribution >= 4 is 12.4 Å². The second-order valence-corrected chi connectivity index (χ2v) is 3.29. The molecule has 2 nitrogen and oxygen atoms in total. The van der Waals surface area contributed by atoms with Gasteiger partial charge in [-0.3, -0.25) is 0 Å². The molecule has 0 aliphatic rings. The smallest absolute Gasteiger partial charge is 0.0732 e. The third-order valence-corrected chi connectivity index (χ3v) is 2.18. The Balaban J connectivity index is 0.00000169. The molecule has 0 aliphatic carbocycles. The molecule has 0 bridgehead atoms. The first-order valence-electron chi connectivity index (χ1n) is 4.74. The molecule has 1 rings (SSSR count). The van der Waals surface area contributed by atoms with Gasteiger partial charge in [0, 0.05) is 0 Å². The van der Waals surface area contributed by atoms with Crippen LogP contribution in [0.15, 0.2) is 30.3 Å². The molecular weight excluding hydrogens is 198 g/mol. The number of halogens is 1. The van der Waals surface area contributed by atoms with Gasteiger partial charge in [0.25, 0.3) is 0 Å². The van der Waals surface area contributed by atoms with Crippen LogP contribution in [0.2, 0.25) is 0 Å². The van der Waals surface area contributed by atoms with Crippen LogP contribution in [0.25, 0.3) is 0 Å². The minimum Gasteiger partial charge on any atom is -0.391 e. The number of benzene rings is 1. The Morgan fingerprint density at radius 2 is 1.86 bits per heavy atom. The fourth-order valence-electron chi connectivity index (χ4n) is 1.37. The van der Waals surface area contributed by atoms with Crippen molar-refractivity contribution in [1.29, 1.82) is 0 Å². The highest BCUT2D eigenvalue weighted by molar-refractivity contribution is 5.85. The molecule has 3 heteroatoms. The molecule has 0 amide bonds. The van der Waals surface area contributed by atoms with Crippen LogP contribution in [0.1, 0.15) is 31.4 Å². The van der Waals surface area contributed by atoms with E-state index in [4.69, 9.17) is 5.73 Å². The average Bonchev–Trinajstić information content (AvgIpc) is 2.18. The molecule has 0 saturated carbocycles. The molecule has 0 aromatic heterocycles. The van der Waals surface area contributed by atoms with Crippen molar-refractivity contribution in [2.45, 2.75) is 31.9 Å². The van der Waals surface area contributed by atoms with Crippen LogP contribution in [0.3, 0.4) is 0 Å².